The van der Waals surface area contributed by atoms with Gasteiger partial charge in [0.2, 0.25) is 0 Å². The molecule has 0 radical (unpaired) electrons. The van der Waals surface area contributed by atoms with Crippen LogP contribution in [-0.4, -0.2) is 17.6 Å². The zero-order valence-electron chi connectivity index (χ0n) is 11.4. The van der Waals surface area contributed by atoms with Crippen molar-refractivity contribution in [1.82, 2.24) is 0 Å². The topological polar surface area (TPSA) is 49.3 Å². The van der Waals surface area contributed by atoms with E-state index in [1.807, 2.05) is 0 Å². The van der Waals surface area contributed by atoms with Crippen LogP contribution in [0.2, 0.25) is 0 Å². The zero-order chi connectivity index (χ0) is 13.5. The third-order valence-corrected chi connectivity index (χ3v) is 2.93. The molecule has 0 fully saturated rings. The van der Waals surface area contributed by atoms with Gasteiger partial charge in [0.05, 0.1) is 5.92 Å². The quantitative estimate of drug-likeness (QED) is 0.778. The summed E-state index contributed by atoms with van der Waals surface area (Å²) in [5, 5.41) is 12.0. The van der Waals surface area contributed by atoms with Crippen molar-refractivity contribution < 1.29 is 9.90 Å². The van der Waals surface area contributed by atoms with Gasteiger partial charge in [-0.3, -0.25) is 4.79 Å². The lowest BCUT2D eigenvalue weighted by Crippen LogP contribution is -2.14. The van der Waals surface area contributed by atoms with E-state index >= 15 is 0 Å². The van der Waals surface area contributed by atoms with Crippen LogP contribution < -0.4 is 5.32 Å². The monoisotopic (exact) mass is 249 g/mol. The number of carboxylic acids is 1. The average molecular weight is 249 g/mol. The van der Waals surface area contributed by atoms with E-state index in [-0.39, 0.29) is 5.92 Å². The van der Waals surface area contributed by atoms with E-state index < -0.39 is 5.97 Å². The molecule has 1 aromatic rings. The maximum atomic E-state index is 10.7. The Kier molecular flexibility index (Phi) is 5.69. The Balaban J connectivity index is 2.37. The summed E-state index contributed by atoms with van der Waals surface area (Å²) in [5.74, 6) is -0.359. The van der Waals surface area contributed by atoms with Gasteiger partial charge in [-0.2, -0.15) is 0 Å². The molecule has 3 heteroatoms. The molecule has 0 spiro atoms. The molecule has 0 aliphatic rings. The molecule has 0 saturated heterocycles. The molecule has 0 amide bonds. The summed E-state index contributed by atoms with van der Waals surface area (Å²) in [4.78, 5) is 10.7. The molecule has 0 bridgehead atoms. The Morgan fingerprint density at radius 2 is 1.83 bits per heavy atom. The Morgan fingerprint density at radius 1 is 1.22 bits per heavy atom. The highest BCUT2D eigenvalue weighted by atomic mass is 16.4. The summed E-state index contributed by atoms with van der Waals surface area (Å²) in [5.41, 5.74) is 2.40. The second-order valence-electron chi connectivity index (χ2n) is 5.25. The summed E-state index contributed by atoms with van der Waals surface area (Å²) >= 11 is 0. The molecule has 0 saturated carbocycles. The third kappa shape index (κ3) is 5.21. The minimum absolute atomic E-state index is 0.294. The van der Waals surface area contributed by atoms with Gasteiger partial charge in [-0.25, -0.2) is 0 Å². The summed E-state index contributed by atoms with van der Waals surface area (Å²) in [6.07, 6.45) is 1.74. The van der Waals surface area contributed by atoms with Crippen LogP contribution in [0.3, 0.4) is 0 Å². The van der Waals surface area contributed by atoms with Crippen molar-refractivity contribution >= 4 is 11.7 Å². The minimum atomic E-state index is -0.732. The summed E-state index contributed by atoms with van der Waals surface area (Å²) in [7, 11) is 0. The Morgan fingerprint density at radius 3 is 2.33 bits per heavy atom. The maximum absolute atomic E-state index is 10.7. The number of anilines is 1. The smallest absolute Gasteiger partial charge is 0.306 e. The zero-order valence-corrected chi connectivity index (χ0v) is 11.4. The highest BCUT2D eigenvalue weighted by Gasteiger charge is 2.09. The lowest BCUT2D eigenvalue weighted by molar-refractivity contribution is -0.141. The van der Waals surface area contributed by atoms with Crippen LogP contribution in [0.4, 0.5) is 5.69 Å². The van der Waals surface area contributed by atoms with Crippen molar-refractivity contribution in [2.24, 2.45) is 11.8 Å². The highest BCUT2D eigenvalue weighted by Crippen LogP contribution is 2.13. The maximum Gasteiger partial charge on any atom is 0.306 e. The van der Waals surface area contributed by atoms with E-state index in [4.69, 9.17) is 5.11 Å². The number of nitrogens with one attached hydrogen (secondary N) is 1. The van der Waals surface area contributed by atoms with Crippen molar-refractivity contribution in [3.8, 4) is 0 Å². The van der Waals surface area contributed by atoms with Crippen LogP contribution in [0.5, 0.6) is 0 Å². The molecule has 2 N–H and O–H groups in total. The van der Waals surface area contributed by atoms with Crippen LogP contribution in [0.15, 0.2) is 24.3 Å². The number of carboxylic acid groups (broad SMARTS) is 1. The SMILES string of the molecule is CC(C)Cc1ccc(NCCC(C)C(=O)O)cc1. The molecular formula is C15H23NO2. The van der Waals surface area contributed by atoms with Gasteiger partial charge in [-0.05, 0) is 36.5 Å². The fourth-order valence-corrected chi connectivity index (χ4v) is 1.79. The van der Waals surface area contributed by atoms with Crippen LogP contribution >= 0.6 is 0 Å². The van der Waals surface area contributed by atoms with Gasteiger partial charge in [0.15, 0.2) is 0 Å². The number of hydrogen-bond donors (Lipinski definition) is 2. The highest BCUT2D eigenvalue weighted by molar-refractivity contribution is 5.69. The van der Waals surface area contributed by atoms with Crippen LogP contribution in [0.1, 0.15) is 32.8 Å². The normalized spacial score (nSPS) is 12.4. The predicted octanol–water partition coefficient (Wildman–Crippen LogP) is 3.41. The van der Waals surface area contributed by atoms with E-state index in [1.165, 1.54) is 5.56 Å². The number of benzene rings is 1. The largest absolute Gasteiger partial charge is 0.481 e. The van der Waals surface area contributed by atoms with E-state index in [2.05, 4.69) is 43.4 Å². The summed E-state index contributed by atoms with van der Waals surface area (Å²) < 4.78 is 0. The van der Waals surface area contributed by atoms with Crippen molar-refractivity contribution in [2.45, 2.75) is 33.6 Å². The molecular weight excluding hydrogens is 226 g/mol. The molecule has 1 unspecified atom stereocenters. The van der Waals surface area contributed by atoms with Gasteiger partial charge >= 0.3 is 5.97 Å². The second-order valence-corrected chi connectivity index (χ2v) is 5.25. The molecule has 3 nitrogen and oxygen atoms in total. The molecule has 1 aromatic carbocycles. The lowest BCUT2D eigenvalue weighted by atomic mass is 10.0. The van der Waals surface area contributed by atoms with Crippen LogP contribution in [0.25, 0.3) is 0 Å². The first-order chi connectivity index (χ1) is 8.49. The van der Waals surface area contributed by atoms with E-state index in [1.54, 1.807) is 6.92 Å². The van der Waals surface area contributed by atoms with Gasteiger partial charge in [0.25, 0.3) is 0 Å². The second kappa shape index (κ2) is 7.04. The molecule has 0 aliphatic carbocycles. The number of hydrogen-bond acceptors (Lipinski definition) is 2. The molecule has 1 atom stereocenters. The van der Waals surface area contributed by atoms with Crippen molar-refractivity contribution in [3.63, 3.8) is 0 Å². The first-order valence-electron chi connectivity index (χ1n) is 6.54. The van der Waals surface area contributed by atoms with Gasteiger partial charge in [0, 0.05) is 12.2 Å². The predicted molar refractivity (Wildman–Crippen MR) is 74.9 cm³/mol. The Hall–Kier alpha value is -1.51. The Labute approximate surface area is 109 Å². The minimum Gasteiger partial charge on any atom is -0.481 e. The van der Waals surface area contributed by atoms with Gasteiger partial charge in [-0.15, -0.1) is 0 Å². The molecule has 0 aliphatic heterocycles. The molecule has 100 valence electrons. The Bertz CT molecular complexity index is 371. The van der Waals surface area contributed by atoms with Gasteiger partial charge < -0.3 is 10.4 Å². The van der Waals surface area contributed by atoms with Crippen molar-refractivity contribution in [3.05, 3.63) is 29.8 Å². The summed E-state index contributed by atoms with van der Waals surface area (Å²) in [6.45, 7) is 6.84. The first-order valence-corrected chi connectivity index (χ1v) is 6.54. The molecule has 1 rings (SSSR count). The third-order valence-electron chi connectivity index (χ3n) is 2.93. The molecule has 18 heavy (non-hydrogen) atoms. The lowest BCUT2D eigenvalue weighted by Gasteiger charge is -2.10. The van der Waals surface area contributed by atoms with Crippen LogP contribution in [-0.2, 0) is 11.2 Å². The van der Waals surface area contributed by atoms with E-state index in [9.17, 15) is 4.79 Å². The number of rotatable bonds is 7. The van der Waals surface area contributed by atoms with E-state index in [0.29, 0.717) is 18.9 Å². The fourth-order valence-electron chi connectivity index (χ4n) is 1.79. The average Bonchev–Trinajstić information content (AvgIpc) is 2.30. The number of carbonyl (C=O) groups is 1. The van der Waals surface area contributed by atoms with Gasteiger partial charge in [-0.1, -0.05) is 32.9 Å². The molecule has 0 heterocycles. The number of aliphatic carboxylic acids is 1. The fraction of sp³-hybridized carbons (Fsp3) is 0.533. The summed E-state index contributed by atoms with van der Waals surface area (Å²) in [6, 6.07) is 8.37. The first kappa shape index (κ1) is 14.6. The van der Waals surface area contributed by atoms with E-state index in [0.717, 1.165) is 12.1 Å². The van der Waals surface area contributed by atoms with Crippen molar-refractivity contribution in [2.75, 3.05) is 11.9 Å². The standard InChI is InChI=1S/C15H23NO2/c1-11(2)10-13-4-6-14(7-5-13)16-9-8-12(3)15(17)18/h4-7,11-12,16H,8-10H2,1-3H3,(H,17,18). The van der Waals surface area contributed by atoms with Gasteiger partial charge in [0.1, 0.15) is 0 Å². The van der Waals surface area contributed by atoms with Crippen LogP contribution in [0, 0.1) is 11.8 Å². The van der Waals surface area contributed by atoms with Crippen molar-refractivity contribution in [1.29, 1.82) is 0 Å². The molecule has 0 aromatic heterocycles.